The molecule has 0 saturated heterocycles. The van der Waals surface area contributed by atoms with Crippen molar-refractivity contribution in [2.24, 2.45) is 7.05 Å². The number of rotatable bonds is 0. The van der Waals surface area contributed by atoms with Crippen molar-refractivity contribution < 1.29 is 0 Å². The van der Waals surface area contributed by atoms with E-state index in [1.54, 1.807) is 16.9 Å². The van der Waals surface area contributed by atoms with Crippen molar-refractivity contribution in [1.82, 2.24) is 9.78 Å². The molecule has 2 rings (SSSR count). The number of hydrogen-bond donors (Lipinski definition) is 0. The average Bonchev–Trinajstić information content (AvgIpc) is 2.34. The van der Waals surface area contributed by atoms with E-state index in [4.69, 9.17) is 11.6 Å². The lowest BCUT2D eigenvalue weighted by Gasteiger charge is -1.94. The maximum atomic E-state index is 5.91. The van der Waals surface area contributed by atoms with Crippen LogP contribution in [-0.2, 0) is 7.05 Å². The van der Waals surface area contributed by atoms with Gasteiger partial charge in [-0.3, -0.25) is 4.68 Å². The Kier molecular flexibility index (Phi) is 1.36. The van der Waals surface area contributed by atoms with Crippen LogP contribution in [-0.4, -0.2) is 9.78 Å². The van der Waals surface area contributed by atoms with Crippen LogP contribution in [0.25, 0.3) is 10.9 Å². The van der Waals surface area contributed by atoms with E-state index < -0.39 is 0 Å². The molecule has 55 valence electrons. The Balaban J connectivity index is 2.96. The molecule has 0 unspecified atom stereocenters. The van der Waals surface area contributed by atoms with E-state index in [1.165, 1.54) is 0 Å². The van der Waals surface area contributed by atoms with Crippen molar-refractivity contribution >= 4 is 22.5 Å². The van der Waals surface area contributed by atoms with Crippen LogP contribution in [0.4, 0.5) is 0 Å². The minimum Gasteiger partial charge on any atom is -0.266 e. The Morgan fingerprint density at radius 3 is 3.09 bits per heavy atom. The Morgan fingerprint density at radius 2 is 2.36 bits per heavy atom. The highest BCUT2D eigenvalue weighted by atomic mass is 35.5. The summed E-state index contributed by atoms with van der Waals surface area (Å²) in [5, 5.41) is 5.79. The molecule has 2 nitrogen and oxygen atoms in total. The zero-order valence-corrected chi connectivity index (χ0v) is 6.76. The van der Waals surface area contributed by atoms with E-state index >= 15 is 0 Å². The van der Waals surface area contributed by atoms with Gasteiger partial charge in [0.2, 0.25) is 0 Å². The first-order chi connectivity index (χ1) is 5.29. The van der Waals surface area contributed by atoms with E-state index in [0.29, 0.717) is 5.02 Å². The van der Waals surface area contributed by atoms with Gasteiger partial charge in [0, 0.05) is 12.4 Å². The summed E-state index contributed by atoms with van der Waals surface area (Å²) in [7, 11) is 1.87. The van der Waals surface area contributed by atoms with Crippen molar-refractivity contribution in [2.75, 3.05) is 0 Å². The van der Waals surface area contributed by atoms with Gasteiger partial charge < -0.3 is 0 Å². The van der Waals surface area contributed by atoms with E-state index in [2.05, 4.69) is 11.2 Å². The summed E-state index contributed by atoms with van der Waals surface area (Å²) in [5.41, 5.74) is 0.963. The smallest absolute Gasteiger partial charge is 0.0865 e. The summed E-state index contributed by atoms with van der Waals surface area (Å²) in [6.07, 6.45) is 1.78. The third kappa shape index (κ3) is 0.906. The Morgan fingerprint density at radius 1 is 1.55 bits per heavy atom. The molecule has 0 bridgehead atoms. The maximum Gasteiger partial charge on any atom is 0.0865 e. The lowest BCUT2D eigenvalue weighted by Crippen LogP contribution is -1.88. The van der Waals surface area contributed by atoms with Crippen LogP contribution in [0.3, 0.4) is 0 Å². The second-order valence-corrected chi connectivity index (χ2v) is 2.78. The third-order valence-corrected chi connectivity index (χ3v) is 1.93. The first-order valence-electron chi connectivity index (χ1n) is 3.26. The molecular formula is C8H6ClN2. The van der Waals surface area contributed by atoms with Crippen LogP contribution in [0.5, 0.6) is 0 Å². The summed E-state index contributed by atoms with van der Waals surface area (Å²) in [5.74, 6) is 0. The van der Waals surface area contributed by atoms with Crippen molar-refractivity contribution in [2.45, 2.75) is 0 Å². The minimum absolute atomic E-state index is 0.697. The predicted octanol–water partition coefficient (Wildman–Crippen LogP) is 2.03. The third-order valence-electron chi connectivity index (χ3n) is 1.64. The molecule has 0 aliphatic carbocycles. The fourth-order valence-electron chi connectivity index (χ4n) is 1.13. The first-order valence-corrected chi connectivity index (χ1v) is 3.64. The number of fused-ring (bicyclic) bond motifs is 1. The molecule has 0 amide bonds. The highest BCUT2D eigenvalue weighted by molar-refractivity contribution is 6.35. The molecule has 2 aromatic rings. The van der Waals surface area contributed by atoms with Crippen LogP contribution in [0, 0.1) is 6.07 Å². The standard InChI is InChI=1S/C8H6ClN2/c1-11-8-6(5-10-11)3-2-4-7(8)9/h3-5H,1H3. The van der Waals surface area contributed by atoms with E-state index in [1.807, 2.05) is 13.1 Å². The number of aromatic nitrogens is 2. The van der Waals surface area contributed by atoms with Gasteiger partial charge in [0.1, 0.15) is 0 Å². The zero-order chi connectivity index (χ0) is 7.84. The summed E-state index contributed by atoms with van der Waals surface area (Å²) in [6.45, 7) is 0. The van der Waals surface area contributed by atoms with Gasteiger partial charge in [0.05, 0.1) is 16.7 Å². The SMILES string of the molecule is Cn1ncc2c[c]cc(Cl)c21. The molecular weight excluding hydrogens is 160 g/mol. The fourth-order valence-corrected chi connectivity index (χ4v) is 1.42. The van der Waals surface area contributed by atoms with Gasteiger partial charge in [-0.05, 0) is 18.2 Å². The maximum absolute atomic E-state index is 5.91. The zero-order valence-electron chi connectivity index (χ0n) is 6.00. The summed E-state index contributed by atoms with van der Waals surface area (Å²) in [6, 6.07) is 6.54. The largest absolute Gasteiger partial charge is 0.266 e. The van der Waals surface area contributed by atoms with Crippen molar-refractivity contribution in [1.29, 1.82) is 0 Å². The second kappa shape index (κ2) is 2.24. The fraction of sp³-hybridized carbons (Fsp3) is 0.125. The van der Waals surface area contributed by atoms with Crippen LogP contribution in [0.15, 0.2) is 18.3 Å². The van der Waals surface area contributed by atoms with Gasteiger partial charge in [0.15, 0.2) is 0 Å². The van der Waals surface area contributed by atoms with E-state index in [0.717, 1.165) is 10.9 Å². The minimum atomic E-state index is 0.697. The summed E-state index contributed by atoms with van der Waals surface area (Å²) >= 11 is 5.91. The molecule has 1 aromatic carbocycles. The molecule has 0 saturated carbocycles. The average molecular weight is 166 g/mol. The lowest BCUT2D eigenvalue weighted by molar-refractivity contribution is 0.797. The van der Waals surface area contributed by atoms with Gasteiger partial charge in [-0.25, -0.2) is 0 Å². The predicted molar refractivity (Wildman–Crippen MR) is 44.6 cm³/mol. The number of aryl methyl sites for hydroxylation is 1. The Bertz CT molecular complexity index is 392. The number of hydrogen-bond acceptors (Lipinski definition) is 1. The van der Waals surface area contributed by atoms with Crippen LogP contribution < -0.4 is 0 Å². The summed E-state index contributed by atoms with van der Waals surface area (Å²) in [4.78, 5) is 0. The highest BCUT2D eigenvalue weighted by Gasteiger charge is 2.01. The van der Waals surface area contributed by atoms with Gasteiger partial charge in [0.25, 0.3) is 0 Å². The molecule has 0 atom stereocenters. The molecule has 0 N–H and O–H groups in total. The number of halogens is 1. The number of nitrogens with zero attached hydrogens (tertiary/aromatic N) is 2. The van der Waals surface area contributed by atoms with Gasteiger partial charge in [-0.2, -0.15) is 5.10 Å². The van der Waals surface area contributed by atoms with Crippen LogP contribution in [0.2, 0.25) is 5.02 Å². The number of benzene rings is 1. The quantitative estimate of drug-likeness (QED) is 0.584. The van der Waals surface area contributed by atoms with E-state index in [9.17, 15) is 0 Å². The van der Waals surface area contributed by atoms with Crippen LogP contribution in [0.1, 0.15) is 0 Å². The van der Waals surface area contributed by atoms with Crippen LogP contribution >= 0.6 is 11.6 Å². The molecule has 0 aliphatic rings. The van der Waals surface area contributed by atoms with E-state index in [-0.39, 0.29) is 0 Å². The van der Waals surface area contributed by atoms with Crippen molar-refractivity contribution in [3.63, 3.8) is 0 Å². The molecule has 3 heteroatoms. The van der Waals surface area contributed by atoms with Gasteiger partial charge in [-0.15, -0.1) is 0 Å². The van der Waals surface area contributed by atoms with Crippen molar-refractivity contribution in [3.05, 3.63) is 29.4 Å². The van der Waals surface area contributed by atoms with Gasteiger partial charge >= 0.3 is 0 Å². The second-order valence-electron chi connectivity index (χ2n) is 2.38. The molecule has 11 heavy (non-hydrogen) atoms. The molecule has 0 fully saturated rings. The molecule has 1 aromatic heterocycles. The lowest BCUT2D eigenvalue weighted by atomic mass is 10.3. The monoisotopic (exact) mass is 165 g/mol. The summed E-state index contributed by atoms with van der Waals surface area (Å²) < 4.78 is 1.76. The Labute approximate surface area is 69.4 Å². The molecule has 0 aliphatic heterocycles. The Hall–Kier alpha value is -1.02. The normalized spacial score (nSPS) is 10.7. The van der Waals surface area contributed by atoms with Crippen molar-refractivity contribution in [3.8, 4) is 0 Å². The van der Waals surface area contributed by atoms with Gasteiger partial charge in [-0.1, -0.05) is 11.6 Å². The first kappa shape index (κ1) is 6.68. The molecule has 0 spiro atoms. The highest BCUT2D eigenvalue weighted by Crippen LogP contribution is 2.21. The topological polar surface area (TPSA) is 17.8 Å². The molecule has 1 radical (unpaired) electrons. The molecule has 1 heterocycles.